The topological polar surface area (TPSA) is 0 Å². The molecule has 8 aromatic carbocycles. The summed E-state index contributed by atoms with van der Waals surface area (Å²) in [5.74, 6) is 0. The molecule has 70 heavy (non-hydrogen) atoms. The number of rotatable bonds is 4. The molecule has 0 aliphatic rings. The van der Waals surface area contributed by atoms with E-state index < -0.39 is 0 Å². The minimum Gasteiger partial charge on any atom is -0.112 e. The van der Waals surface area contributed by atoms with E-state index in [1.54, 1.807) is 0 Å². The molecule has 0 nitrogen and oxygen atoms in total. The molecule has 28 heteroatoms. The highest BCUT2D eigenvalue weighted by molar-refractivity contribution is 6.77. The summed E-state index contributed by atoms with van der Waals surface area (Å²) in [6, 6.07) is 0. The average molecular weight is 807 g/mol. The van der Waals surface area contributed by atoms with Gasteiger partial charge in [-0.2, -0.15) is 0 Å². The lowest BCUT2D eigenvalue weighted by molar-refractivity contribution is 1.81. The molecule has 0 heterocycles. The Morgan fingerprint density at radius 2 is 0.200 bits per heavy atom. The van der Waals surface area contributed by atoms with Gasteiger partial charge in [0.05, 0.1) is 0 Å². The van der Waals surface area contributed by atoms with E-state index >= 15 is 0 Å². The lowest BCUT2D eigenvalue weighted by atomic mass is 9.54. The molecular formula is C42B28. The van der Waals surface area contributed by atoms with Crippen LogP contribution in [0.15, 0.2) is 0 Å². The van der Waals surface area contributed by atoms with Crippen LogP contribution in [-0.2, 0) is 0 Å². The first-order valence-corrected chi connectivity index (χ1v) is 20.3. The zero-order chi connectivity index (χ0) is 52.2. The van der Waals surface area contributed by atoms with Crippen LogP contribution in [0.4, 0.5) is 0 Å². The molecule has 0 spiro atoms. The van der Waals surface area contributed by atoms with E-state index in [4.69, 9.17) is 220 Å². The van der Waals surface area contributed by atoms with Gasteiger partial charge in [-0.3, -0.25) is 0 Å². The zero-order valence-corrected chi connectivity index (χ0v) is 37.2. The fraction of sp³-hybridized carbons (Fsp3) is 0. The number of hydrogen-bond donors (Lipinski definition) is 0. The average Bonchev–Trinajstić information content (AvgIpc) is 3.32. The highest BCUT2D eigenvalue weighted by atomic mass is 14.3. The van der Waals surface area contributed by atoms with Gasteiger partial charge in [0, 0.05) is 0 Å². The SMILES string of the molecule is [B]c1c([B])c([B])c(-c2c([B])c([B])c(-c3c([B])c([B])c(-c4c5c([B])c([B])c([B])c([B])c5c(-c5c([B])c([B])c6c([B])c([B])c([B])c([B])c6c5[B])c5c([B])c([B])c([B])c([B])c45)c([B])c3[B])c([B])c2[B])c([B])c1[B]. The molecule has 0 saturated heterocycles. The Labute approximate surface area is 446 Å². The molecule has 0 amide bonds. The van der Waals surface area contributed by atoms with Crippen molar-refractivity contribution in [3.8, 4) is 44.5 Å². The van der Waals surface area contributed by atoms with Crippen molar-refractivity contribution < 1.29 is 0 Å². The van der Waals surface area contributed by atoms with Crippen LogP contribution in [0.1, 0.15) is 0 Å². The molecule has 0 aliphatic heterocycles. The standard InChI is InChI=1S/C42B28/c43-15-7(20(48)23(51)10-9(15)30(58)38(66)39(67)31(10)59)1-3-5(18(46)36(64)34(62)16(3)44)2(6-4(1)17(45)35(63)37(65)19(6)47)8-21(49)24(52)11(25(53)22(8)50)12-26(54)28(56)13(29(57)27(12)55)14-32(60)40(68)42(70)41(69)33(14)61. The summed E-state index contributed by atoms with van der Waals surface area (Å²) < 4.78 is 0. The Balaban J connectivity index is 1.60. The quantitative estimate of drug-likeness (QED) is 0.123. The molecule has 0 aliphatic carbocycles. The maximum atomic E-state index is 7.10. The Bertz CT molecular complexity index is 3630. The van der Waals surface area contributed by atoms with Gasteiger partial charge in [0.15, 0.2) is 0 Å². The number of fused-ring (bicyclic) bond motifs is 3. The highest BCUT2D eigenvalue weighted by Crippen LogP contribution is 2.39. The third-order valence-corrected chi connectivity index (χ3v) is 13.4. The monoisotopic (exact) mass is 812 g/mol. The van der Waals surface area contributed by atoms with Crippen molar-refractivity contribution >= 4 is 405 Å². The van der Waals surface area contributed by atoms with E-state index in [0.717, 1.165) is 0 Å². The minimum atomic E-state index is -0.281. The van der Waals surface area contributed by atoms with Gasteiger partial charge in [0.25, 0.3) is 0 Å². The van der Waals surface area contributed by atoms with Crippen molar-refractivity contribution in [1.82, 2.24) is 0 Å². The number of hydrogen-bond acceptors (Lipinski definition) is 0. The van der Waals surface area contributed by atoms with E-state index in [0.29, 0.717) is 0 Å². The molecule has 56 radical (unpaired) electrons. The van der Waals surface area contributed by atoms with Crippen LogP contribution in [0.2, 0.25) is 0 Å². The summed E-state index contributed by atoms with van der Waals surface area (Å²) in [4.78, 5) is 0. The molecule has 0 fully saturated rings. The highest BCUT2D eigenvalue weighted by Gasteiger charge is 2.30. The van der Waals surface area contributed by atoms with Crippen molar-refractivity contribution in [1.29, 1.82) is 0 Å². The van der Waals surface area contributed by atoms with Crippen molar-refractivity contribution in [2.75, 3.05) is 0 Å². The van der Waals surface area contributed by atoms with Crippen molar-refractivity contribution in [3.63, 3.8) is 0 Å². The van der Waals surface area contributed by atoms with Crippen LogP contribution >= 0.6 is 0 Å². The van der Waals surface area contributed by atoms with Crippen LogP contribution < -0.4 is 153 Å². The Hall–Kier alpha value is -3.64. The van der Waals surface area contributed by atoms with Gasteiger partial charge in [-0.15, -0.1) is 49.2 Å². The Kier molecular flexibility index (Phi) is 13.6. The smallest absolute Gasteiger partial charge is 0.112 e. The summed E-state index contributed by atoms with van der Waals surface area (Å²) in [6.45, 7) is 0. The van der Waals surface area contributed by atoms with Crippen molar-refractivity contribution in [2.45, 2.75) is 0 Å². The number of benzene rings is 8. The lowest BCUT2D eigenvalue weighted by Gasteiger charge is -2.33. The van der Waals surface area contributed by atoms with E-state index in [1.165, 1.54) is 0 Å². The maximum absolute atomic E-state index is 7.10. The summed E-state index contributed by atoms with van der Waals surface area (Å²) in [5.41, 5.74) is -5.20. The molecule has 8 rings (SSSR count). The Morgan fingerprint density at radius 1 is 0.0857 bits per heavy atom. The fourth-order valence-electron chi connectivity index (χ4n) is 9.50. The molecule has 252 valence electrons. The van der Waals surface area contributed by atoms with Crippen molar-refractivity contribution in [2.24, 2.45) is 0 Å². The third-order valence-electron chi connectivity index (χ3n) is 13.4. The predicted molar refractivity (Wildman–Crippen MR) is 332 cm³/mol. The van der Waals surface area contributed by atoms with Crippen molar-refractivity contribution in [3.05, 3.63) is 0 Å². The van der Waals surface area contributed by atoms with Crippen LogP contribution in [0, 0.1) is 0 Å². The maximum Gasteiger partial charge on any atom is 0.115 e. The van der Waals surface area contributed by atoms with Gasteiger partial charge in [0.2, 0.25) is 0 Å². The van der Waals surface area contributed by atoms with Gasteiger partial charge in [-0.1, -0.05) is 104 Å². The van der Waals surface area contributed by atoms with E-state index in [2.05, 4.69) is 0 Å². The first-order chi connectivity index (χ1) is 32.5. The zero-order valence-electron chi connectivity index (χ0n) is 37.2. The van der Waals surface area contributed by atoms with Crippen LogP contribution in [0.25, 0.3) is 76.8 Å². The minimum absolute atomic E-state index is 0.00435. The van der Waals surface area contributed by atoms with Gasteiger partial charge in [0.1, 0.15) is 220 Å². The summed E-state index contributed by atoms with van der Waals surface area (Å²) in [5, 5.41) is 0.0833. The lowest BCUT2D eigenvalue weighted by Crippen LogP contribution is -2.57. The van der Waals surface area contributed by atoms with Gasteiger partial charge < -0.3 is 0 Å². The molecule has 8 aromatic rings. The van der Waals surface area contributed by atoms with Gasteiger partial charge in [-0.25, -0.2) is 0 Å². The molecule has 0 aromatic heterocycles. The third kappa shape index (κ3) is 6.98. The molecular weight excluding hydrogens is 807 g/mol. The van der Waals surface area contributed by atoms with Crippen LogP contribution in [-0.4, -0.2) is 220 Å². The molecule has 0 bridgehead atoms. The summed E-state index contributed by atoms with van der Waals surface area (Å²) >= 11 is 0. The van der Waals surface area contributed by atoms with Gasteiger partial charge >= 0.3 is 0 Å². The fourth-order valence-corrected chi connectivity index (χ4v) is 9.50. The first-order valence-electron chi connectivity index (χ1n) is 20.3. The van der Waals surface area contributed by atoms with Gasteiger partial charge in [-0.05, 0) is 76.8 Å². The summed E-state index contributed by atoms with van der Waals surface area (Å²) in [7, 11) is 187. The summed E-state index contributed by atoms with van der Waals surface area (Å²) in [6.07, 6.45) is 0. The molecule has 0 saturated carbocycles. The van der Waals surface area contributed by atoms with Crippen LogP contribution in [0.5, 0.6) is 0 Å². The molecule has 0 N–H and O–H groups in total. The van der Waals surface area contributed by atoms with E-state index in [1.807, 2.05) is 0 Å². The normalized spacial score (nSPS) is 11.6. The van der Waals surface area contributed by atoms with E-state index in [-0.39, 0.29) is 230 Å². The second kappa shape index (κ2) is 18.1. The van der Waals surface area contributed by atoms with E-state index in [9.17, 15) is 0 Å². The van der Waals surface area contributed by atoms with Crippen LogP contribution in [0.3, 0.4) is 0 Å². The molecule has 0 unspecified atom stereocenters. The first kappa shape index (κ1) is 52.7. The molecule has 0 atom stereocenters. The largest absolute Gasteiger partial charge is 0.115 e. The second-order valence-electron chi connectivity index (χ2n) is 16.8. The second-order valence-corrected chi connectivity index (χ2v) is 16.8. The predicted octanol–water partition coefficient (Wildman–Crippen LogP) is -22.0. The Morgan fingerprint density at radius 3 is 0.443 bits per heavy atom.